The first-order chi connectivity index (χ1) is 9.49. The van der Waals surface area contributed by atoms with Crippen LogP contribution in [0.3, 0.4) is 0 Å². The van der Waals surface area contributed by atoms with Crippen LogP contribution in [-0.4, -0.2) is 32.0 Å². The molecule has 0 heterocycles. The van der Waals surface area contributed by atoms with Crippen molar-refractivity contribution in [2.24, 2.45) is 5.73 Å². The molecule has 0 spiro atoms. The summed E-state index contributed by atoms with van der Waals surface area (Å²) < 4.78 is 9.70. The molecule has 0 aromatic heterocycles. The summed E-state index contributed by atoms with van der Waals surface area (Å²) in [6.07, 6.45) is 2.94. The lowest BCUT2D eigenvalue weighted by Gasteiger charge is -2.14. The zero-order valence-corrected chi connectivity index (χ0v) is 13.9. The minimum atomic E-state index is -0.318. The summed E-state index contributed by atoms with van der Waals surface area (Å²) in [5, 5.41) is 0. The van der Waals surface area contributed by atoms with Crippen molar-refractivity contribution < 1.29 is 13.7 Å². The molecule has 0 saturated carbocycles. The van der Waals surface area contributed by atoms with Crippen LogP contribution in [0.2, 0.25) is 0 Å². The van der Waals surface area contributed by atoms with E-state index in [2.05, 4.69) is 34.7 Å². The van der Waals surface area contributed by atoms with Crippen LogP contribution in [0.15, 0.2) is 30.3 Å². The zero-order chi connectivity index (χ0) is 15.9. The highest BCUT2D eigenvalue weighted by molar-refractivity contribution is 7.93. The molecular weight excluding hydrogens is 274 g/mol. The van der Waals surface area contributed by atoms with Crippen molar-refractivity contribution in [2.45, 2.75) is 32.8 Å². The number of ether oxygens (including phenoxy) is 1. The molecule has 1 rings (SSSR count). The molecule has 0 aliphatic carbocycles. The molecule has 0 saturated heterocycles. The predicted octanol–water partition coefficient (Wildman–Crippen LogP) is 3.06. The van der Waals surface area contributed by atoms with Gasteiger partial charge in [-0.25, -0.2) is 0 Å². The Labute approximate surface area is 127 Å². The molecule has 0 unspecified atom stereocenters. The molecule has 1 aromatic rings. The first kappa shape index (κ1) is 21.3. The molecule has 0 aliphatic heterocycles. The summed E-state index contributed by atoms with van der Waals surface area (Å²) in [4.78, 5) is 9.60. The molecule has 0 bridgehead atoms. The van der Waals surface area contributed by atoms with E-state index in [1.54, 1.807) is 0 Å². The number of rotatable bonds is 5. The Balaban J connectivity index is 0. The highest BCUT2D eigenvalue weighted by Gasteiger charge is 2.07. The summed E-state index contributed by atoms with van der Waals surface area (Å²) in [6, 6.07) is 10.4. The SMILES string of the molecule is CC(C)(C)OC=O.CN.CSOCCc1ccccc1. The molecule has 0 atom stereocenters. The molecular formula is C15H27NO3S. The van der Waals surface area contributed by atoms with E-state index in [4.69, 9.17) is 4.18 Å². The number of hydrogen-bond acceptors (Lipinski definition) is 5. The Bertz CT molecular complexity index is 313. The fraction of sp³-hybridized carbons (Fsp3) is 0.533. The van der Waals surface area contributed by atoms with E-state index in [1.807, 2.05) is 33.1 Å². The highest BCUT2D eigenvalue weighted by atomic mass is 32.2. The zero-order valence-electron chi connectivity index (χ0n) is 13.1. The van der Waals surface area contributed by atoms with Gasteiger partial charge >= 0.3 is 0 Å². The second-order valence-corrected chi connectivity index (χ2v) is 5.12. The standard InChI is InChI=1S/C9H12OS.C5H10O2.CH5N/c1-11-10-8-7-9-5-3-2-4-6-9;1-5(2,3)7-4-6;1-2/h2-6H,7-8H2,1H3;4H,1-3H3;2H2,1H3. The van der Waals surface area contributed by atoms with E-state index in [-0.39, 0.29) is 5.60 Å². The summed E-state index contributed by atoms with van der Waals surface area (Å²) in [7, 11) is 1.50. The van der Waals surface area contributed by atoms with Crippen LogP contribution in [-0.2, 0) is 20.1 Å². The summed E-state index contributed by atoms with van der Waals surface area (Å²) in [6.45, 7) is 6.72. The van der Waals surface area contributed by atoms with Crippen molar-refractivity contribution in [3.8, 4) is 0 Å². The van der Waals surface area contributed by atoms with E-state index in [0.717, 1.165) is 13.0 Å². The Hall–Kier alpha value is -1.04. The van der Waals surface area contributed by atoms with Gasteiger partial charge in [0.05, 0.1) is 6.61 Å². The van der Waals surface area contributed by atoms with Gasteiger partial charge in [-0.3, -0.25) is 4.79 Å². The van der Waals surface area contributed by atoms with Gasteiger partial charge in [0.1, 0.15) is 5.60 Å². The van der Waals surface area contributed by atoms with Gasteiger partial charge in [-0.1, -0.05) is 30.3 Å². The van der Waals surface area contributed by atoms with Crippen molar-refractivity contribution in [1.82, 2.24) is 0 Å². The number of nitrogens with two attached hydrogens (primary N) is 1. The van der Waals surface area contributed by atoms with Crippen molar-refractivity contribution >= 4 is 18.5 Å². The third-order valence-corrected chi connectivity index (χ3v) is 2.24. The molecule has 0 amide bonds. The quantitative estimate of drug-likeness (QED) is 0.514. The second kappa shape index (κ2) is 14.4. The maximum atomic E-state index is 9.60. The number of carbonyl (C=O) groups excluding carboxylic acids is 1. The van der Waals surface area contributed by atoms with Gasteiger partial charge in [0, 0.05) is 6.26 Å². The van der Waals surface area contributed by atoms with Gasteiger partial charge < -0.3 is 14.7 Å². The van der Waals surface area contributed by atoms with Crippen molar-refractivity contribution in [3.63, 3.8) is 0 Å². The molecule has 2 N–H and O–H groups in total. The van der Waals surface area contributed by atoms with Gasteiger partial charge in [-0.2, -0.15) is 0 Å². The highest BCUT2D eigenvalue weighted by Crippen LogP contribution is 2.03. The summed E-state index contributed by atoms with van der Waals surface area (Å²) >= 11 is 1.42. The predicted molar refractivity (Wildman–Crippen MR) is 86.6 cm³/mol. The molecule has 4 nitrogen and oxygen atoms in total. The molecule has 1 aromatic carbocycles. The largest absolute Gasteiger partial charge is 0.462 e. The monoisotopic (exact) mass is 301 g/mol. The van der Waals surface area contributed by atoms with Gasteiger partial charge in [0.2, 0.25) is 0 Å². The summed E-state index contributed by atoms with van der Waals surface area (Å²) in [5.74, 6) is 0. The first-order valence-electron chi connectivity index (χ1n) is 6.38. The van der Waals surface area contributed by atoms with E-state index in [9.17, 15) is 4.79 Å². The van der Waals surface area contributed by atoms with Gasteiger partial charge in [0.15, 0.2) is 0 Å². The molecule has 116 valence electrons. The minimum absolute atomic E-state index is 0.318. The minimum Gasteiger partial charge on any atom is -0.462 e. The smallest absolute Gasteiger partial charge is 0.293 e. The van der Waals surface area contributed by atoms with Gasteiger partial charge in [-0.05, 0) is 51.8 Å². The molecule has 5 heteroatoms. The second-order valence-electron chi connectivity index (χ2n) is 4.55. The Morgan fingerprint density at radius 1 is 1.20 bits per heavy atom. The van der Waals surface area contributed by atoms with Crippen molar-refractivity contribution in [3.05, 3.63) is 35.9 Å². The van der Waals surface area contributed by atoms with Crippen molar-refractivity contribution in [1.29, 1.82) is 0 Å². The molecule has 0 radical (unpaired) electrons. The first-order valence-corrected chi connectivity index (χ1v) is 7.53. The maximum absolute atomic E-state index is 9.60. The molecule has 0 aliphatic rings. The van der Waals surface area contributed by atoms with Crippen LogP contribution >= 0.6 is 12.0 Å². The Kier molecular flexibility index (Phi) is 15.3. The van der Waals surface area contributed by atoms with Crippen LogP contribution in [0.1, 0.15) is 26.3 Å². The Morgan fingerprint density at radius 3 is 2.10 bits per heavy atom. The third-order valence-electron chi connectivity index (χ3n) is 1.84. The van der Waals surface area contributed by atoms with Gasteiger partial charge in [0.25, 0.3) is 6.47 Å². The lowest BCUT2D eigenvalue weighted by molar-refractivity contribution is -0.138. The third kappa shape index (κ3) is 17.0. The molecule has 0 fully saturated rings. The lowest BCUT2D eigenvalue weighted by Crippen LogP contribution is -2.17. The van der Waals surface area contributed by atoms with Crippen LogP contribution in [0.25, 0.3) is 0 Å². The average molecular weight is 301 g/mol. The summed E-state index contributed by atoms with van der Waals surface area (Å²) in [5.41, 5.74) is 5.52. The average Bonchev–Trinajstić information content (AvgIpc) is 2.42. The van der Waals surface area contributed by atoms with Crippen LogP contribution in [0.4, 0.5) is 0 Å². The van der Waals surface area contributed by atoms with E-state index in [0.29, 0.717) is 6.47 Å². The van der Waals surface area contributed by atoms with Crippen molar-refractivity contribution in [2.75, 3.05) is 19.9 Å². The van der Waals surface area contributed by atoms with Gasteiger partial charge in [-0.15, -0.1) is 0 Å². The number of hydrogen-bond donors (Lipinski definition) is 1. The fourth-order valence-corrected chi connectivity index (χ4v) is 1.28. The normalized spacial score (nSPS) is 9.50. The number of benzene rings is 1. The van der Waals surface area contributed by atoms with Crippen LogP contribution < -0.4 is 5.73 Å². The molecule has 20 heavy (non-hydrogen) atoms. The topological polar surface area (TPSA) is 61.5 Å². The van der Waals surface area contributed by atoms with E-state index in [1.165, 1.54) is 24.7 Å². The maximum Gasteiger partial charge on any atom is 0.293 e. The van der Waals surface area contributed by atoms with Crippen LogP contribution in [0.5, 0.6) is 0 Å². The fourth-order valence-electron chi connectivity index (χ4n) is 1.03. The van der Waals surface area contributed by atoms with E-state index < -0.39 is 0 Å². The lowest BCUT2D eigenvalue weighted by atomic mass is 10.2. The Morgan fingerprint density at radius 2 is 1.75 bits per heavy atom. The van der Waals surface area contributed by atoms with E-state index >= 15 is 0 Å². The number of carbonyl (C=O) groups is 1. The van der Waals surface area contributed by atoms with Crippen LogP contribution in [0, 0.1) is 0 Å².